The van der Waals surface area contributed by atoms with E-state index in [1.54, 1.807) is 15.8 Å². The molecule has 0 bridgehead atoms. The van der Waals surface area contributed by atoms with Gasteiger partial charge in [-0.3, -0.25) is 0 Å². The average Bonchev–Trinajstić information content (AvgIpc) is 2.27. The van der Waals surface area contributed by atoms with Gasteiger partial charge in [0.05, 0.1) is 0 Å². The van der Waals surface area contributed by atoms with Crippen molar-refractivity contribution in [3.63, 3.8) is 0 Å². The number of aryl methyl sites for hydroxylation is 1. The molecule has 0 aliphatic carbocycles. The molecule has 0 saturated carbocycles. The van der Waals surface area contributed by atoms with Gasteiger partial charge in [-0.1, -0.05) is 111 Å². The fourth-order valence-corrected chi connectivity index (χ4v) is 7.40. The predicted octanol–water partition coefficient (Wildman–Crippen LogP) is 6.44. The Kier molecular flexibility index (Phi) is 11.3. The number of hydrogen-bond donors (Lipinski definition) is 0. The third-order valence-electron chi connectivity index (χ3n) is 3.35. The van der Waals surface area contributed by atoms with E-state index in [4.69, 9.17) is 0 Å². The molecular weight excluding hydrogens is 255 g/mol. The SMILES string of the molecule is CC(C)[CH2][Al]([CH2]C(C)C)[CH2]C(C)C.Cc1ccccc1. The average molecular weight is 290 g/mol. The molecule has 0 saturated heterocycles. The van der Waals surface area contributed by atoms with E-state index < -0.39 is 14.1 Å². The molecule has 0 fully saturated rings. The molecule has 0 radical (unpaired) electrons. The number of rotatable bonds is 6. The highest BCUT2D eigenvalue weighted by Crippen LogP contribution is 2.20. The van der Waals surface area contributed by atoms with Crippen LogP contribution in [0, 0.1) is 24.7 Å². The lowest BCUT2D eigenvalue weighted by atomic mass is 10.2. The summed E-state index contributed by atoms with van der Waals surface area (Å²) < 4.78 is 0. The summed E-state index contributed by atoms with van der Waals surface area (Å²) in [5, 5.41) is 4.66. The molecule has 0 spiro atoms. The van der Waals surface area contributed by atoms with Gasteiger partial charge in [0.2, 0.25) is 0 Å². The highest BCUT2D eigenvalue weighted by molar-refractivity contribution is 6.58. The number of benzene rings is 1. The second-order valence-electron chi connectivity index (χ2n) is 7.41. The van der Waals surface area contributed by atoms with Crippen molar-refractivity contribution in [1.29, 1.82) is 0 Å². The fourth-order valence-electron chi connectivity index (χ4n) is 2.82. The normalized spacial score (nSPS) is 10.7. The van der Waals surface area contributed by atoms with Crippen molar-refractivity contribution >= 4 is 14.1 Å². The maximum absolute atomic E-state index is 2.38. The molecule has 0 aliphatic rings. The van der Waals surface area contributed by atoms with Crippen LogP contribution in [0.4, 0.5) is 0 Å². The molecule has 0 unspecified atom stereocenters. The molecular formula is C19H35Al. The van der Waals surface area contributed by atoms with E-state index in [-0.39, 0.29) is 0 Å². The highest BCUT2D eigenvalue weighted by atomic mass is 27.2. The van der Waals surface area contributed by atoms with Crippen LogP contribution in [0.3, 0.4) is 0 Å². The van der Waals surface area contributed by atoms with Crippen molar-refractivity contribution in [2.45, 2.75) is 64.3 Å². The Balaban J connectivity index is 0.000000428. The first kappa shape index (κ1) is 19.8. The minimum atomic E-state index is -0.407. The maximum Gasteiger partial charge on any atom is 0.262 e. The van der Waals surface area contributed by atoms with Gasteiger partial charge in [0.15, 0.2) is 0 Å². The van der Waals surface area contributed by atoms with Gasteiger partial charge < -0.3 is 0 Å². The fraction of sp³-hybridized carbons (Fsp3) is 0.684. The third-order valence-corrected chi connectivity index (χ3v) is 8.18. The third kappa shape index (κ3) is 12.8. The van der Waals surface area contributed by atoms with Crippen LogP contribution in [0.5, 0.6) is 0 Å². The zero-order chi connectivity index (χ0) is 15.5. The van der Waals surface area contributed by atoms with Crippen LogP contribution in [-0.4, -0.2) is 14.1 Å². The monoisotopic (exact) mass is 290 g/mol. The zero-order valence-electron chi connectivity index (χ0n) is 14.8. The Bertz CT molecular complexity index is 290. The van der Waals surface area contributed by atoms with Crippen LogP contribution >= 0.6 is 0 Å². The van der Waals surface area contributed by atoms with Gasteiger partial charge in [-0.2, -0.15) is 0 Å². The molecule has 1 aromatic rings. The van der Waals surface area contributed by atoms with Gasteiger partial charge in [0, 0.05) is 0 Å². The molecule has 1 rings (SSSR count). The van der Waals surface area contributed by atoms with Gasteiger partial charge in [0.25, 0.3) is 14.1 Å². The summed E-state index contributed by atoms with van der Waals surface area (Å²) in [5.74, 6) is 2.78. The minimum Gasteiger partial charge on any atom is -0.0915 e. The Morgan fingerprint density at radius 2 is 1.05 bits per heavy atom. The van der Waals surface area contributed by atoms with Crippen LogP contribution in [0.15, 0.2) is 30.3 Å². The van der Waals surface area contributed by atoms with Crippen LogP contribution in [0.1, 0.15) is 47.1 Å². The van der Waals surface area contributed by atoms with Crippen molar-refractivity contribution in [2.24, 2.45) is 17.8 Å². The molecule has 0 heterocycles. The standard InChI is InChI=1S/C7H8.3C4H9.Al/c1-7-5-3-2-4-6-7;3*1-4(2)3;/h2-6H,1H3;3*4H,1H2,2-3H3;. The summed E-state index contributed by atoms with van der Waals surface area (Å²) in [5.41, 5.74) is 1.32. The molecule has 0 atom stereocenters. The lowest BCUT2D eigenvalue weighted by Gasteiger charge is -2.17. The summed E-state index contributed by atoms with van der Waals surface area (Å²) in [6.45, 7) is 16.3. The van der Waals surface area contributed by atoms with E-state index in [9.17, 15) is 0 Å². The Hall–Kier alpha value is -0.248. The van der Waals surface area contributed by atoms with Crippen molar-refractivity contribution in [2.75, 3.05) is 0 Å². The first-order valence-electron chi connectivity index (χ1n) is 8.32. The van der Waals surface area contributed by atoms with Gasteiger partial charge >= 0.3 is 0 Å². The largest absolute Gasteiger partial charge is 0.262 e. The highest BCUT2D eigenvalue weighted by Gasteiger charge is 2.20. The first-order chi connectivity index (χ1) is 9.31. The van der Waals surface area contributed by atoms with Crippen LogP contribution in [-0.2, 0) is 0 Å². The quantitative estimate of drug-likeness (QED) is 0.528. The summed E-state index contributed by atoms with van der Waals surface area (Å²) in [6, 6.07) is 10.3. The molecule has 0 aromatic heterocycles. The van der Waals surface area contributed by atoms with Gasteiger partial charge in [-0.05, 0) is 6.92 Å². The summed E-state index contributed by atoms with van der Waals surface area (Å²) in [7, 11) is 0. The van der Waals surface area contributed by atoms with Crippen LogP contribution in [0.25, 0.3) is 0 Å². The van der Waals surface area contributed by atoms with Gasteiger partial charge in [-0.25, -0.2) is 0 Å². The van der Waals surface area contributed by atoms with Crippen LogP contribution in [0.2, 0.25) is 15.8 Å². The van der Waals surface area contributed by atoms with E-state index in [0.29, 0.717) is 0 Å². The molecule has 0 N–H and O–H groups in total. The van der Waals surface area contributed by atoms with E-state index in [0.717, 1.165) is 17.8 Å². The predicted molar refractivity (Wildman–Crippen MR) is 95.9 cm³/mol. The molecule has 0 nitrogen and oxygen atoms in total. The van der Waals surface area contributed by atoms with Gasteiger partial charge in [-0.15, -0.1) is 0 Å². The molecule has 114 valence electrons. The van der Waals surface area contributed by atoms with E-state index in [1.807, 2.05) is 18.2 Å². The van der Waals surface area contributed by atoms with Crippen molar-refractivity contribution in [1.82, 2.24) is 0 Å². The summed E-state index contributed by atoms with van der Waals surface area (Å²) in [4.78, 5) is 0. The van der Waals surface area contributed by atoms with Crippen molar-refractivity contribution in [3.05, 3.63) is 35.9 Å². The minimum absolute atomic E-state index is 0.407. The maximum atomic E-state index is 2.38. The van der Waals surface area contributed by atoms with E-state index in [2.05, 4.69) is 60.6 Å². The second-order valence-corrected chi connectivity index (χ2v) is 10.6. The molecule has 0 amide bonds. The molecule has 20 heavy (non-hydrogen) atoms. The van der Waals surface area contributed by atoms with Crippen molar-refractivity contribution in [3.8, 4) is 0 Å². The second kappa shape index (κ2) is 11.4. The lowest BCUT2D eigenvalue weighted by molar-refractivity contribution is 0.659. The summed E-state index contributed by atoms with van der Waals surface area (Å²) >= 11 is -0.407. The van der Waals surface area contributed by atoms with Gasteiger partial charge in [0.1, 0.15) is 0 Å². The van der Waals surface area contributed by atoms with E-state index in [1.165, 1.54) is 5.56 Å². The lowest BCUT2D eigenvalue weighted by Crippen LogP contribution is -2.19. The smallest absolute Gasteiger partial charge is 0.0915 e. The Labute approximate surface area is 132 Å². The molecule has 1 heteroatoms. The van der Waals surface area contributed by atoms with E-state index >= 15 is 0 Å². The Morgan fingerprint density at radius 3 is 1.25 bits per heavy atom. The summed E-state index contributed by atoms with van der Waals surface area (Å²) in [6.07, 6.45) is 0. The zero-order valence-corrected chi connectivity index (χ0v) is 16.0. The molecule has 1 aromatic carbocycles. The van der Waals surface area contributed by atoms with Crippen molar-refractivity contribution < 1.29 is 0 Å². The molecule has 0 aliphatic heterocycles. The number of hydrogen-bond acceptors (Lipinski definition) is 0. The topological polar surface area (TPSA) is 0 Å². The first-order valence-corrected chi connectivity index (χ1v) is 10.8. The Morgan fingerprint density at radius 1 is 0.700 bits per heavy atom. The van der Waals surface area contributed by atoms with Crippen LogP contribution < -0.4 is 0 Å².